The van der Waals surface area contributed by atoms with Crippen molar-refractivity contribution in [2.75, 3.05) is 5.32 Å². The van der Waals surface area contributed by atoms with Crippen molar-refractivity contribution in [3.8, 4) is 5.75 Å². The number of rotatable bonds is 5. The van der Waals surface area contributed by atoms with E-state index in [1.165, 1.54) is 6.42 Å². The zero-order valence-electron chi connectivity index (χ0n) is 18.2. The van der Waals surface area contributed by atoms with Crippen molar-refractivity contribution >= 4 is 44.0 Å². The van der Waals surface area contributed by atoms with E-state index in [2.05, 4.69) is 20.2 Å². The predicted molar refractivity (Wildman–Crippen MR) is 130 cm³/mol. The fourth-order valence-corrected chi connectivity index (χ4v) is 6.86. The topological polar surface area (TPSA) is 110 Å². The fourth-order valence-electron chi connectivity index (χ4n) is 4.60. The van der Waals surface area contributed by atoms with Crippen LogP contribution in [0.25, 0.3) is 0 Å². The Bertz CT molecular complexity index is 1300. The molecule has 1 unspecified atom stereocenters. The second-order valence-corrected chi connectivity index (χ2v) is 11.9. The number of aromatic nitrogens is 2. The van der Waals surface area contributed by atoms with Crippen LogP contribution < -0.4 is 14.8 Å². The molecule has 1 aliphatic heterocycles. The van der Waals surface area contributed by atoms with Crippen molar-refractivity contribution < 1.29 is 17.9 Å². The molecule has 0 saturated heterocycles. The molecule has 1 aromatic heterocycles. The van der Waals surface area contributed by atoms with Gasteiger partial charge in [0.1, 0.15) is 11.4 Å². The molecule has 2 aliphatic rings. The quantitative estimate of drug-likeness (QED) is 0.462. The number of amides is 1. The molecule has 8 nitrogen and oxygen atoms in total. The number of sulfonamides is 1. The highest BCUT2D eigenvalue weighted by Gasteiger charge is 2.43. The van der Waals surface area contributed by atoms with Crippen LogP contribution in [0.1, 0.15) is 60.5 Å². The number of anilines is 1. The summed E-state index contributed by atoms with van der Waals surface area (Å²) in [6.07, 6.45) is 5.66. The van der Waals surface area contributed by atoms with Gasteiger partial charge in [0.15, 0.2) is 0 Å². The lowest BCUT2D eigenvalue weighted by Crippen LogP contribution is -2.46. The van der Waals surface area contributed by atoms with Crippen LogP contribution in [0.5, 0.6) is 5.75 Å². The van der Waals surface area contributed by atoms with Crippen LogP contribution in [-0.4, -0.2) is 30.1 Å². The van der Waals surface area contributed by atoms with Crippen molar-refractivity contribution in [1.29, 1.82) is 0 Å². The van der Waals surface area contributed by atoms with E-state index in [1.807, 2.05) is 24.3 Å². The van der Waals surface area contributed by atoms with Crippen LogP contribution in [0.15, 0.2) is 52.9 Å². The lowest BCUT2D eigenvalue weighted by molar-refractivity contribution is 0.0000717. The monoisotopic (exact) mass is 518 g/mol. The number of hydrogen-bond acceptors (Lipinski definition) is 7. The normalized spacial score (nSPS) is 19.3. The van der Waals surface area contributed by atoms with Crippen LogP contribution in [0.2, 0.25) is 5.02 Å². The smallest absolute Gasteiger partial charge is 0.270 e. The maximum absolute atomic E-state index is 13.2. The Morgan fingerprint density at radius 1 is 1.06 bits per heavy atom. The molecule has 5 rings (SSSR count). The third-order valence-corrected chi connectivity index (χ3v) is 9.15. The first-order chi connectivity index (χ1) is 16.3. The van der Waals surface area contributed by atoms with Gasteiger partial charge in [0, 0.05) is 22.6 Å². The van der Waals surface area contributed by atoms with Crippen LogP contribution >= 0.6 is 22.9 Å². The molecule has 1 aliphatic carbocycles. The Morgan fingerprint density at radius 3 is 2.56 bits per heavy atom. The molecule has 1 atom stereocenters. The van der Waals surface area contributed by atoms with Crippen molar-refractivity contribution in [1.82, 2.24) is 14.9 Å². The number of hydrogen-bond donors (Lipinski definition) is 2. The minimum Gasteiger partial charge on any atom is -0.487 e. The van der Waals surface area contributed by atoms with Crippen molar-refractivity contribution in [2.24, 2.45) is 0 Å². The van der Waals surface area contributed by atoms with Gasteiger partial charge in [0.25, 0.3) is 15.9 Å². The molecule has 1 fully saturated rings. The number of ether oxygens (including phenoxy) is 1. The third kappa shape index (κ3) is 4.81. The SMILES string of the molecule is O=C(Nc1nnc(S(=O)(=O)NC2CC3(CCCCC3)Oc3ccccc32)s1)c1ccc(Cl)cc1. The summed E-state index contributed by atoms with van der Waals surface area (Å²) in [5.41, 5.74) is 0.820. The molecule has 2 aromatic carbocycles. The third-order valence-electron chi connectivity index (χ3n) is 6.22. The summed E-state index contributed by atoms with van der Waals surface area (Å²) in [6.45, 7) is 0. The number of fused-ring (bicyclic) bond motifs is 1. The average Bonchev–Trinajstić information content (AvgIpc) is 3.29. The number of nitrogens with one attached hydrogen (secondary N) is 2. The molecule has 34 heavy (non-hydrogen) atoms. The maximum atomic E-state index is 13.2. The van der Waals surface area contributed by atoms with Crippen LogP contribution in [-0.2, 0) is 10.0 Å². The van der Waals surface area contributed by atoms with Gasteiger partial charge in [-0.3, -0.25) is 10.1 Å². The van der Waals surface area contributed by atoms with Crippen LogP contribution in [0.4, 0.5) is 5.13 Å². The molecule has 1 saturated carbocycles. The minimum absolute atomic E-state index is 0.0939. The van der Waals surface area contributed by atoms with Crippen LogP contribution in [0, 0.1) is 0 Å². The van der Waals surface area contributed by atoms with E-state index >= 15 is 0 Å². The summed E-state index contributed by atoms with van der Waals surface area (Å²) in [7, 11) is -3.97. The van der Waals surface area contributed by atoms with E-state index in [4.69, 9.17) is 16.3 Å². The summed E-state index contributed by atoms with van der Waals surface area (Å²) < 4.78 is 35.4. The van der Waals surface area contributed by atoms with E-state index in [0.29, 0.717) is 17.0 Å². The molecule has 1 amide bonds. The fraction of sp³-hybridized carbons (Fsp3) is 0.348. The molecule has 0 bridgehead atoms. The number of carbonyl (C=O) groups excluding carboxylic acids is 1. The standard InChI is InChI=1S/C23H23ClN4O4S2/c24-16-10-8-15(9-11-16)20(29)25-21-26-27-22(33-21)34(30,31)28-18-14-23(12-4-1-5-13-23)32-19-7-3-2-6-17(18)19/h2-3,6-11,18,28H,1,4-5,12-14H2,(H,25,26,29). The zero-order valence-corrected chi connectivity index (χ0v) is 20.5. The minimum atomic E-state index is -3.97. The van der Waals surface area contributed by atoms with E-state index in [9.17, 15) is 13.2 Å². The second kappa shape index (κ2) is 9.26. The van der Waals surface area contributed by atoms with Gasteiger partial charge in [-0.2, -0.15) is 0 Å². The molecule has 1 spiro atoms. The lowest BCUT2D eigenvalue weighted by Gasteiger charge is -2.44. The van der Waals surface area contributed by atoms with Crippen molar-refractivity contribution in [3.05, 3.63) is 64.7 Å². The summed E-state index contributed by atoms with van der Waals surface area (Å²) in [4.78, 5) is 12.4. The molecule has 11 heteroatoms. The number of carbonyl (C=O) groups is 1. The Hall–Kier alpha value is -2.53. The van der Waals surface area contributed by atoms with Crippen molar-refractivity contribution in [3.63, 3.8) is 0 Å². The average molecular weight is 519 g/mol. The summed E-state index contributed by atoms with van der Waals surface area (Å²) in [5, 5.41) is 10.9. The van der Waals surface area contributed by atoms with Gasteiger partial charge in [-0.1, -0.05) is 47.6 Å². The Labute approximate surface area is 206 Å². The zero-order chi connectivity index (χ0) is 23.8. The van der Waals surface area contributed by atoms with Gasteiger partial charge in [0.05, 0.1) is 6.04 Å². The van der Waals surface area contributed by atoms with Gasteiger partial charge in [-0.05, 0) is 56.0 Å². The second-order valence-electron chi connectivity index (χ2n) is 8.60. The largest absolute Gasteiger partial charge is 0.487 e. The van der Waals surface area contributed by atoms with E-state index in [-0.39, 0.29) is 15.1 Å². The molecule has 3 aromatic rings. The number of benzene rings is 2. The molecular weight excluding hydrogens is 496 g/mol. The van der Waals surface area contributed by atoms with Gasteiger partial charge >= 0.3 is 0 Å². The number of nitrogens with zero attached hydrogens (tertiary/aromatic N) is 2. The Morgan fingerprint density at radius 2 is 1.79 bits per heavy atom. The lowest BCUT2D eigenvalue weighted by atomic mass is 9.77. The summed E-state index contributed by atoms with van der Waals surface area (Å²) >= 11 is 6.66. The number of halogens is 1. The Kier molecular flexibility index (Phi) is 6.32. The van der Waals surface area contributed by atoms with Gasteiger partial charge < -0.3 is 4.74 Å². The first kappa shape index (κ1) is 23.2. The molecule has 0 radical (unpaired) electrons. The predicted octanol–water partition coefficient (Wildman–Crippen LogP) is 4.95. The maximum Gasteiger partial charge on any atom is 0.270 e. The first-order valence-electron chi connectivity index (χ1n) is 11.0. The molecule has 2 heterocycles. The van der Waals surface area contributed by atoms with E-state index in [1.54, 1.807) is 24.3 Å². The first-order valence-corrected chi connectivity index (χ1v) is 13.7. The van der Waals surface area contributed by atoms with E-state index in [0.717, 1.165) is 48.3 Å². The van der Waals surface area contributed by atoms with E-state index < -0.39 is 22.0 Å². The van der Waals surface area contributed by atoms with Crippen LogP contribution in [0.3, 0.4) is 0 Å². The van der Waals surface area contributed by atoms with Gasteiger partial charge in [-0.25, -0.2) is 13.1 Å². The highest BCUT2D eigenvalue weighted by Crippen LogP contribution is 2.46. The Balaban J connectivity index is 1.35. The summed E-state index contributed by atoms with van der Waals surface area (Å²) in [5.74, 6) is 0.291. The molecule has 178 valence electrons. The molecule has 2 N–H and O–H groups in total. The highest BCUT2D eigenvalue weighted by molar-refractivity contribution is 7.91. The molecular formula is C23H23ClN4O4S2. The van der Waals surface area contributed by atoms with Gasteiger partial charge in [0.2, 0.25) is 9.47 Å². The summed E-state index contributed by atoms with van der Waals surface area (Å²) in [6, 6.07) is 13.4. The van der Waals surface area contributed by atoms with Gasteiger partial charge in [-0.15, -0.1) is 10.2 Å². The van der Waals surface area contributed by atoms with Crippen molar-refractivity contribution in [2.45, 2.75) is 54.5 Å². The highest BCUT2D eigenvalue weighted by atomic mass is 35.5. The number of para-hydroxylation sites is 1.